The normalized spacial score (nSPS) is 15.4. The van der Waals surface area contributed by atoms with Crippen LogP contribution in [-0.2, 0) is 0 Å². The van der Waals surface area contributed by atoms with Gasteiger partial charge in [-0.05, 0) is 31.0 Å². The van der Waals surface area contributed by atoms with Crippen molar-refractivity contribution >= 4 is 11.0 Å². The van der Waals surface area contributed by atoms with Crippen molar-refractivity contribution in [2.45, 2.75) is 18.9 Å². The molecule has 0 saturated heterocycles. The van der Waals surface area contributed by atoms with Gasteiger partial charge in [0.2, 0.25) is 0 Å². The third-order valence-corrected chi connectivity index (χ3v) is 2.76. The highest BCUT2D eigenvalue weighted by molar-refractivity contribution is 5.77. The van der Waals surface area contributed by atoms with Gasteiger partial charge in [-0.25, -0.2) is 4.79 Å². The van der Waals surface area contributed by atoms with Crippen LogP contribution in [0.3, 0.4) is 0 Å². The molecule has 0 spiro atoms. The van der Waals surface area contributed by atoms with Gasteiger partial charge in [0.15, 0.2) is 0 Å². The molecular weight excluding hydrogens is 190 g/mol. The standard InChI is InChI=1S/C11H9N3O/c12-6-7-1-4-10-9(5-7)13-11(15)14(10)8-2-3-8/h1,4-5,8H,2-3H2,(H,13,15). The molecule has 3 rings (SSSR count). The van der Waals surface area contributed by atoms with Crippen molar-refractivity contribution in [2.24, 2.45) is 0 Å². The molecule has 4 heteroatoms. The lowest BCUT2D eigenvalue weighted by Crippen LogP contribution is -2.14. The third kappa shape index (κ3) is 1.17. The zero-order chi connectivity index (χ0) is 10.4. The van der Waals surface area contributed by atoms with Gasteiger partial charge in [-0.15, -0.1) is 0 Å². The molecule has 4 nitrogen and oxygen atoms in total. The van der Waals surface area contributed by atoms with Crippen LogP contribution in [0.1, 0.15) is 24.4 Å². The molecule has 1 fully saturated rings. The van der Waals surface area contributed by atoms with Crippen LogP contribution in [0.4, 0.5) is 0 Å². The van der Waals surface area contributed by atoms with Crippen LogP contribution in [-0.4, -0.2) is 9.55 Å². The molecule has 2 aromatic rings. The van der Waals surface area contributed by atoms with Crippen molar-refractivity contribution in [1.82, 2.24) is 9.55 Å². The van der Waals surface area contributed by atoms with E-state index in [-0.39, 0.29) is 5.69 Å². The average Bonchev–Trinajstić information content (AvgIpc) is 3.00. The van der Waals surface area contributed by atoms with E-state index in [9.17, 15) is 4.79 Å². The van der Waals surface area contributed by atoms with Crippen molar-refractivity contribution in [3.05, 3.63) is 34.2 Å². The molecule has 1 heterocycles. The van der Waals surface area contributed by atoms with Crippen molar-refractivity contribution in [2.75, 3.05) is 0 Å². The first-order valence-corrected chi connectivity index (χ1v) is 4.94. The maximum Gasteiger partial charge on any atom is 0.326 e. The highest BCUT2D eigenvalue weighted by Gasteiger charge is 2.26. The van der Waals surface area contributed by atoms with E-state index in [0.29, 0.717) is 11.6 Å². The Kier molecular flexibility index (Phi) is 1.51. The number of aromatic nitrogens is 2. The highest BCUT2D eigenvalue weighted by Crippen LogP contribution is 2.35. The van der Waals surface area contributed by atoms with Crippen molar-refractivity contribution < 1.29 is 0 Å². The lowest BCUT2D eigenvalue weighted by atomic mass is 10.2. The molecule has 0 aliphatic heterocycles. The quantitative estimate of drug-likeness (QED) is 0.757. The highest BCUT2D eigenvalue weighted by atomic mass is 16.1. The van der Waals surface area contributed by atoms with Crippen LogP contribution in [0.2, 0.25) is 0 Å². The summed E-state index contributed by atoms with van der Waals surface area (Å²) in [4.78, 5) is 14.4. The van der Waals surface area contributed by atoms with Gasteiger partial charge in [0.25, 0.3) is 0 Å². The summed E-state index contributed by atoms with van der Waals surface area (Å²) in [6.07, 6.45) is 2.15. The molecule has 74 valence electrons. The number of fused-ring (bicyclic) bond motifs is 1. The number of nitrogens with zero attached hydrogens (tertiary/aromatic N) is 2. The Morgan fingerprint density at radius 2 is 2.27 bits per heavy atom. The molecule has 1 aromatic heterocycles. The monoisotopic (exact) mass is 199 g/mol. The predicted molar refractivity (Wildman–Crippen MR) is 55.5 cm³/mol. The SMILES string of the molecule is N#Cc1ccc2c(c1)[nH]c(=O)n2C1CC1. The second kappa shape index (κ2) is 2.74. The summed E-state index contributed by atoms with van der Waals surface area (Å²) in [5.41, 5.74) is 2.17. The van der Waals surface area contributed by atoms with Crippen LogP contribution < -0.4 is 5.69 Å². The Hall–Kier alpha value is -2.02. The summed E-state index contributed by atoms with van der Waals surface area (Å²) < 4.78 is 1.79. The van der Waals surface area contributed by atoms with E-state index < -0.39 is 0 Å². The number of rotatable bonds is 1. The number of nitrogens with one attached hydrogen (secondary N) is 1. The van der Waals surface area contributed by atoms with Crippen LogP contribution >= 0.6 is 0 Å². The van der Waals surface area contributed by atoms with E-state index in [4.69, 9.17) is 5.26 Å². The number of hydrogen-bond donors (Lipinski definition) is 1. The summed E-state index contributed by atoms with van der Waals surface area (Å²) in [6.45, 7) is 0. The molecule has 0 atom stereocenters. The number of hydrogen-bond acceptors (Lipinski definition) is 2. The van der Waals surface area contributed by atoms with E-state index in [1.54, 1.807) is 16.7 Å². The minimum atomic E-state index is -0.0670. The van der Waals surface area contributed by atoms with Gasteiger partial charge in [-0.2, -0.15) is 5.26 Å². The van der Waals surface area contributed by atoms with Crippen LogP contribution in [0.5, 0.6) is 0 Å². The average molecular weight is 199 g/mol. The molecule has 0 radical (unpaired) electrons. The first-order valence-electron chi connectivity index (χ1n) is 4.94. The molecule has 0 unspecified atom stereocenters. The van der Waals surface area contributed by atoms with Gasteiger partial charge in [-0.3, -0.25) is 4.57 Å². The van der Waals surface area contributed by atoms with Crippen LogP contribution in [0.15, 0.2) is 23.0 Å². The van der Waals surface area contributed by atoms with E-state index in [1.165, 1.54) is 0 Å². The molecule has 1 aliphatic rings. The summed E-state index contributed by atoms with van der Waals surface area (Å²) in [6, 6.07) is 7.72. The summed E-state index contributed by atoms with van der Waals surface area (Å²) in [7, 11) is 0. The zero-order valence-corrected chi connectivity index (χ0v) is 8.03. The molecule has 1 aromatic carbocycles. The fourth-order valence-corrected chi connectivity index (χ4v) is 1.90. The largest absolute Gasteiger partial charge is 0.326 e. The lowest BCUT2D eigenvalue weighted by molar-refractivity contribution is 0.733. The van der Waals surface area contributed by atoms with Crippen molar-refractivity contribution in [3.8, 4) is 6.07 Å². The Labute approximate surface area is 85.8 Å². The van der Waals surface area contributed by atoms with Crippen molar-refractivity contribution in [3.63, 3.8) is 0 Å². The topological polar surface area (TPSA) is 61.6 Å². The molecule has 1 aliphatic carbocycles. The third-order valence-electron chi connectivity index (χ3n) is 2.76. The first kappa shape index (κ1) is 8.30. The smallest absolute Gasteiger partial charge is 0.305 e. The van der Waals surface area contributed by atoms with Crippen LogP contribution in [0.25, 0.3) is 11.0 Å². The van der Waals surface area contributed by atoms with Gasteiger partial charge in [0.1, 0.15) is 0 Å². The Bertz CT molecular complexity index is 625. The lowest BCUT2D eigenvalue weighted by Gasteiger charge is -1.98. The number of benzene rings is 1. The van der Waals surface area contributed by atoms with Gasteiger partial charge < -0.3 is 4.98 Å². The summed E-state index contributed by atoms with van der Waals surface area (Å²) in [5, 5.41) is 8.75. The number of imidazole rings is 1. The second-order valence-corrected chi connectivity index (χ2v) is 3.88. The second-order valence-electron chi connectivity index (χ2n) is 3.88. The minimum absolute atomic E-state index is 0.0670. The van der Waals surface area contributed by atoms with E-state index in [1.807, 2.05) is 6.07 Å². The Morgan fingerprint density at radius 1 is 1.47 bits per heavy atom. The molecular formula is C11H9N3O. The van der Waals surface area contributed by atoms with Crippen molar-refractivity contribution in [1.29, 1.82) is 5.26 Å². The number of H-pyrrole nitrogens is 1. The molecule has 0 bridgehead atoms. The molecule has 1 N–H and O–H groups in total. The van der Waals surface area contributed by atoms with Gasteiger partial charge >= 0.3 is 5.69 Å². The first-order chi connectivity index (χ1) is 7.29. The zero-order valence-electron chi connectivity index (χ0n) is 8.03. The Balaban J connectivity index is 2.33. The fourth-order valence-electron chi connectivity index (χ4n) is 1.90. The maximum absolute atomic E-state index is 11.6. The number of nitriles is 1. The molecule has 1 saturated carbocycles. The number of aromatic amines is 1. The minimum Gasteiger partial charge on any atom is -0.305 e. The molecule has 15 heavy (non-hydrogen) atoms. The molecule has 0 amide bonds. The Morgan fingerprint density at radius 3 is 2.93 bits per heavy atom. The van der Waals surface area contributed by atoms with Gasteiger partial charge in [0.05, 0.1) is 22.7 Å². The van der Waals surface area contributed by atoms with Gasteiger partial charge in [-0.1, -0.05) is 0 Å². The van der Waals surface area contributed by atoms with Gasteiger partial charge in [0, 0.05) is 6.04 Å². The fraction of sp³-hybridized carbons (Fsp3) is 0.273. The van der Waals surface area contributed by atoms with Crippen LogP contribution in [0, 0.1) is 11.3 Å². The van der Waals surface area contributed by atoms with E-state index in [0.717, 1.165) is 23.9 Å². The predicted octanol–water partition coefficient (Wildman–Crippen LogP) is 1.54. The summed E-state index contributed by atoms with van der Waals surface area (Å²) in [5.74, 6) is 0. The maximum atomic E-state index is 11.6. The van der Waals surface area contributed by atoms with E-state index >= 15 is 0 Å². The van der Waals surface area contributed by atoms with E-state index in [2.05, 4.69) is 11.1 Å². The summed E-state index contributed by atoms with van der Waals surface area (Å²) >= 11 is 0.